The minimum absolute atomic E-state index is 0.0989. The van der Waals surface area contributed by atoms with Gasteiger partial charge in [0.2, 0.25) is 11.8 Å². The molecule has 0 radical (unpaired) electrons. The molecule has 0 atom stereocenters. The second kappa shape index (κ2) is 9.57. The summed E-state index contributed by atoms with van der Waals surface area (Å²) in [6.07, 6.45) is 9.31. The summed E-state index contributed by atoms with van der Waals surface area (Å²) in [5.41, 5.74) is 0.421. The Morgan fingerprint density at radius 1 is 1.00 bits per heavy atom. The number of hydrogen-bond donors (Lipinski definition) is 1. The normalized spacial score (nSPS) is 18.6. The number of carbonyl (C=O) groups excluding carboxylic acids is 2. The number of aromatic nitrogens is 2. The zero-order chi connectivity index (χ0) is 23.6. The van der Waals surface area contributed by atoms with Crippen LogP contribution in [0.15, 0.2) is 35.1 Å². The van der Waals surface area contributed by atoms with Crippen molar-refractivity contribution in [2.24, 2.45) is 7.05 Å². The van der Waals surface area contributed by atoms with Crippen molar-refractivity contribution in [1.82, 2.24) is 14.7 Å². The van der Waals surface area contributed by atoms with Crippen molar-refractivity contribution in [3.05, 3.63) is 46.4 Å². The number of benzene rings is 1. The molecule has 1 heterocycles. The predicted molar refractivity (Wildman–Crippen MR) is 130 cm³/mol. The molecule has 7 nitrogen and oxygen atoms in total. The molecule has 1 aromatic carbocycles. The lowest BCUT2D eigenvalue weighted by Gasteiger charge is -2.45. The van der Waals surface area contributed by atoms with Crippen LogP contribution in [0.25, 0.3) is 5.69 Å². The van der Waals surface area contributed by atoms with E-state index in [1.807, 2.05) is 44.3 Å². The van der Waals surface area contributed by atoms with Crippen LogP contribution in [0.1, 0.15) is 76.8 Å². The molecule has 2 amide bonds. The highest BCUT2D eigenvalue weighted by molar-refractivity contribution is 6.03. The van der Waals surface area contributed by atoms with E-state index in [2.05, 4.69) is 5.32 Å². The summed E-state index contributed by atoms with van der Waals surface area (Å²) in [5, 5.41) is 3.28. The Labute approximate surface area is 195 Å². The van der Waals surface area contributed by atoms with Crippen molar-refractivity contribution in [3.8, 4) is 5.69 Å². The number of carbonyl (C=O) groups is 2. The second-order valence-corrected chi connectivity index (χ2v) is 9.67. The monoisotopic (exact) mass is 452 g/mol. The third-order valence-electron chi connectivity index (χ3n) is 7.53. The first-order valence-corrected chi connectivity index (χ1v) is 12.3. The first kappa shape index (κ1) is 23.3. The van der Waals surface area contributed by atoms with E-state index in [9.17, 15) is 14.4 Å². The molecule has 4 rings (SSSR count). The highest BCUT2D eigenvalue weighted by Gasteiger charge is 2.49. The van der Waals surface area contributed by atoms with Gasteiger partial charge in [0.15, 0.2) is 0 Å². The largest absolute Gasteiger partial charge is 0.351 e. The van der Waals surface area contributed by atoms with Gasteiger partial charge in [0.25, 0.3) is 5.56 Å². The van der Waals surface area contributed by atoms with Crippen LogP contribution in [0, 0.1) is 6.92 Å². The number of nitrogens with one attached hydrogen (secondary N) is 1. The van der Waals surface area contributed by atoms with Crippen molar-refractivity contribution in [3.63, 3.8) is 0 Å². The fourth-order valence-electron chi connectivity index (χ4n) is 5.74. The maximum Gasteiger partial charge on any atom is 0.295 e. The van der Waals surface area contributed by atoms with Crippen LogP contribution in [0.5, 0.6) is 0 Å². The first-order valence-electron chi connectivity index (χ1n) is 12.3. The van der Waals surface area contributed by atoms with Gasteiger partial charge < -0.3 is 5.32 Å². The van der Waals surface area contributed by atoms with Crippen LogP contribution >= 0.6 is 0 Å². The van der Waals surface area contributed by atoms with Gasteiger partial charge in [0, 0.05) is 20.0 Å². The Morgan fingerprint density at radius 3 is 2.21 bits per heavy atom. The number of anilines is 1. The summed E-state index contributed by atoms with van der Waals surface area (Å²) in [7, 11) is 1.82. The predicted octanol–water partition coefficient (Wildman–Crippen LogP) is 3.99. The SMILES string of the molecule is CC(=O)N(c1c(C)n(C)n(-c2ccccc2)c1=O)C1(C(=O)NC2CCCCC2)CCCCC1. The third-order valence-corrected chi connectivity index (χ3v) is 7.53. The summed E-state index contributed by atoms with van der Waals surface area (Å²) in [4.78, 5) is 42.4. The van der Waals surface area contributed by atoms with Gasteiger partial charge >= 0.3 is 0 Å². The van der Waals surface area contributed by atoms with Crippen molar-refractivity contribution < 1.29 is 9.59 Å². The molecule has 0 saturated heterocycles. The summed E-state index contributed by atoms with van der Waals surface area (Å²) in [6.45, 7) is 3.32. The molecule has 0 spiro atoms. The molecule has 1 N–H and O–H groups in total. The number of hydrogen-bond acceptors (Lipinski definition) is 3. The molecule has 0 unspecified atom stereocenters. The van der Waals surface area contributed by atoms with E-state index in [1.54, 1.807) is 14.3 Å². The second-order valence-electron chi connectivity index (χ2n) is 9.67. The smallest absolute Gasteiger partial charge is 0.295 e. The molecule has 0 bridgehead atoms. The Morgan fingerprint density at radius 2 is 1.61 bits per heavy atom. The topological polar surface area (TPSA) is 76.3 Å². The van der Waals surface area contributed by atoms with Crippen molar-refractivity contribution in [2.75, 3.05) is 4.90 Å². The molecule has 2 fully saturated rings. The standard InChI is InChI=1S/C26H36N4O3/c1-19-23(24(32)30(28(19)3)22-15-9-5-10-16-22)29(20(2)31)26(17-11-6-12-18-26)25(33)27-21-13-7-4-8-14-21/h5,9-10,15-16,21H,4,6-8,11-14,17-18H2,1-3H3,(H,27,33). The Kier molecular flexibility index (Phi) is 6.77. The molecule has 2 aliphatic carbocycles. The average Bonchev–Trinajstić information content (AvgIpc) is 3.04. The average molecular weight is 453 g/mol. The molecule has 2 aromatic rings. The van der Waals surface area contributed by atoms with Gasteiger partial charge in [-0.3, -0.25) is 24.0 Å². The zero-order valence-electron chi connectivity index (χ0n) is 20.1. The molecular formula is C26H36N4O3. The highest BCUT2D eigenvalue weighted by atomic mass is 16.2. The van der Waals surface area contributed by atoms with Crippen LogP contribution < -0.4 is 15.8 Å². The molecule has 0 aliphatic heterocycles. The maximum absolute atomic E-state index is 13.9. The fraction of sp³-hybridized carbons (Fsp3) is 0.577. The molecule has 33 heavy (non-hydrogen) atoms. The first-order chi connectivity index (χ1) is 15.9. The summed E-state index contributed by atoms with van der Waals surface area (Å²) in [6, 6.07) is 9.56. The van der Waals surface area contributed by atoms with E-state index in [4.69, 9.17) is 0 Å². The summed E-state index contributed by atoms with van der Waals surface area (Å²) >= 11 is 0. The summed E-state index contributed by atoms with van der Waals surface area (Å²) in [5.74, 6) is -0.361. The third kappa shape index (κ3) is 4.25. The molecule has 2 saturated carbocycles. The van der Waals surface area contributed by atoms with E-state index in [1.165, 1.54) is 13.3 Å². The maximum atomic E-state index is 13.9. The lowest BCUT2D eigenvalue weighted by atomic mass is 9.78. The Balaban J connectivity index is 1.81. The van der Waals surface area contributed by atoms with Crippen LogP contribution in [0.2, 0.25) is 0 Å². The lowest BCUT2D eigenvalue weighted by molar-refractivity contribution is -0.132. The number of rotatable bonds is 5. The van der Waals surface area contributed by atoms with Crippen LogP contribution in [0.4, 0.5) is 5.69 Å². The highest BCUT2D eigenvalue weighted by Crippen LogP contribution is 2.38. The van der Waals surface area contributed by atoms with Crippen molar-refractivity contribution in [2.45, 2.75) is 89.6 Å². The van der Waals surface area contributed by atoms with Gasteiger partial charge in [-0.2, -0.15) is 0 Å². The number of para-hydroxylation sites is 1. The van der Waals surface area contributed by atoms with E-state index < -0.39 is 5.54 Å². The van der Waals surface area contributed by atoms with Crippen LogP contribution in [-0.4, -0.2) is 32.8 Å². The Hall–Kier alpha value is -2.83. The van der Waals surface area contributed by atoms with E-state index >= 15 is 0 Å². The molecule has 178 valence electrons. The van der Waals surface area contributed by atoms with Gasteiger partial charge in [-0.15, -0.1) is 0 Å². The summed E-state index contributed by atoms with van der Waals surface area (Å²) < 4.78 is 3.36. The fourth-order valence-corrected chi connectivity index (χ4v) is 5.74. The molecule has 7 heteroatoms. The zero-order valence-corrected chi connectivity index (χ0v) is 20.1. The minimum atomic E-state index is -1.03. The lowest BCUT2D eigenvalue weighted by Crippen LogP contribution is -2.63. The van der Waals surface area contributed by atoms with Gasteiger partial charge in [0.05, 0.1) is 11.4 Å². The van der Waals surface area contributed by atoms with Crippen molar-refractivity contribution >= 4 is 17.5 Å². The van der Waals surface area contributed by atoms with E-state index in [-0.39, 0.29) is 23.4 Å². The molecule has 1 aromatic heterocycles. The van der Waals surface area contributed by atoms with Gasteiger partial charge in [-0.25, -0.2) is 4.68 Å². The number of nitrogens with zero attached hydrogens (tertiary/aromatic N) is 3. The van der Waals surface area contributed by atoms with E-state index in [0.29, 0.717) is 24.2 Å². The van der Waals surface area contributed by atoms with Gasteiger partial charge in [0.1, 0.15) is 11.2 Å². The quantitative estimate of drug-likeness (QED) is 0.745. The number of amides is 2. The minimum Gasteiger partial charge on any atom is -0.351 e. The van der Waals surface area contributed by atoms with Crippen LogP contribution in [-0.2, 0) is 16.6 Å². The van der Waals surface area contributed by atoms with Gasteiger partial charge in [-0.05, 0) is 44.7 Å². The van der Waals surface area contributed by atoms with Crippen molar-refractivity contribution in [1.29, 1.82) is 0 Å². The molecular weight excluding hydrogens is 416 g/mol. The molecule has 2 aliphatic rings. The van der Waals surface area contributed by atoms with Crippen LogP contribution in [0.3, 0.4) is 0 Å². The Bertz CT molecular complexity index is 1060. The van der Waals surface area contributed by atoms with E-state index in [0.717, 1.165) is 50.6 Å². The van der Waals surface area contributed by atoms with Gasteiger partial charge in [-0.1, -0.05) is 56.7 Å².